The molecule has 2 aliphatic heterocycles. The number of ether oxygens (including phenoxy) is 3. The number of carbonyl (C=O) groups is 5. The Morgan fingerprint density at radius 1 is 0.630 bits per heavy atom. The van der Waals surface area contributed by atoms with Gasteiger partial charge in [-0.05, 0) is 95.4 Å². The van der Waals surface area contributed by atoms with E-state index in [2.05, 4.69) is 79.4 Å². The number of methoxy groups -OCH3 is 2. The number of hydrogen-bond donors (Lipinski definition) is 5. The second-order valence-corrected chi connectivity index (χ2v) is 19.2. The van der Waals surface area contributed by atoms with Crippen LogP contribution >= 0.6 is 0 Å². The molecule has 0 bridgehead atoms. The van der Waals surface area contributed by atoms with Gasteiger partial charge in [-0.25, -0.2) is 24.4 Å². The summed E-state index contributed by atoms with van der Waals surface area (Å²) in [6.07, 6.45) is 6.35. The summed E-state index contributed by atoms with van der Waals surface area (Å²) >= 11 is 0. The third kappa shape index (κ3) is 11.1. The highest BCUT2D eigenvalue weighted by Gasteiger charge is 2.39. The number of nitrogens with zero attached hydrogens (tertiary/aromatic N) is 4. The van der Waals surface area contributed by atoms with Crippen molar-refractivity contribution in [3.63, 3.8) is 0 Å². The van der Waals surface area contributed by atoms with Gasteiger partial charge in [0.05, 0.1) is 50.1 Å². The molecule has 9 rings (SSSR count). The maximum absolute atomic E-state index is 14.1. The molecular weight excluding hydrogens is 927 g/mol. The number of aromatic nitrogens is 4. The highest BCUT2D eigenvalue weighted by atomic mass is 16.6. The van der Waals surface area contributed by atoms with Gasteiger partial charge in [0.2, 0.25) is 11.8 Å². The molecule has 0 unspecified atom stereocenters. The number of carbonyl (C=O) groups excluding carboxylic acids is 5. The molecule has 1 aliphatic carbocycles. The summed E-state index contributed by atoms with van der Waals surface area (Å²) in [5.74, 6) is 0.869. The highest BCUT2D eigenvalue weighted by Crippen LogP contribution is 2.44. The molecule has 380 valence electrons. The first kappa shape index (κ1) is 50.0. The van der Waals surface area contributed by atoms with Crippen molar-refractivity contribution in [2.45, 2.75) is 88.9 Å². The van der Waals surface area contributed by atoms with E-state index in [-0.39, 0.29) is 42.3 Å². The van der Waals surface area contributed by atoms with Crippen molar-refractivity contribution in [2.75, 3.05) is 40.5 Å². The quantitative estimate of drug-likeness (QED) is 0.0432. The first-order valence-corrected chi connectivity index (χ1v) is 25.2. The van der Waals surface area contributed by atoms with Gasteiger partial charge in [-0.1, -0.05) is 111 Å². The topological polar surface area (TPSA) is 213 Å². The van der Waals surface area contributed by atoms with Gasteiger partial charge in [0.1, 0.15) is 30.3 Å². The van der Waals surface area contributed by atoms with E-state index in [1.54, 1.807) is 22.2 Å². The average Bonchev–Trinajstić information content (AvgIpc) is 4.29. The van der Waals surface area contributed by atoms with Gasteiger partial charge in [0.15, 0.2) is 0 Å². The van der Waals surface area contributed by atoms with Crippen molar-refractivity contribution in [1.29, 1.82) is 0 Å². The lowest BCUT2D eigenvalue weighted by Gasteiger charge is -2.30. The molecule has 17 heteroatoms. The van der Waals surface area contributed by atoms with Gasteiger partial charge in [0, 0.05) is 25.6 Å². The normalized spacial score (nSPS) is 16.9. The van der Waals surface area contributed by atoms with Gasteiger partial charge in [-0.3, -0.25) is 9.59 Å². The number of unbranched alkanes of at least 4 members (excludes halogenated alkanes) is 1. The maximum atomic E-state index is 14.1. The van der Waals surface area contributed by atoms with E-state index >= 15 is 0 Å². The minimum atomic E-state index is -0.822. The highest BCUT2D eigenvalue weighted by molar-refractivity contribution is 5.87. The van der Waals surface area contributed by atoms with Crippen LogP contribution in [0.5, 0.6) is 0 Å². The number of likely N-dealkylation sites (tertiary alicyclic amines) is 2. The smallest absolute Gasteiger partial charge is 0.407 e. The fourth-order valence-electron chi connectivity index (χ4n) is 10.5. The molecule has 5 amide bonds. The molecule has 0 spiro atoms. The molecular formula is C56H63N9O8. The molecule has 0 saturated carbocycles. The number of nitrogens with one attached hydrogen (secondary N) is 5. The molecule has 6 aromatic rings. The summed E-state index contributed by atoms with van der Waals surface area (Å²) in [5.41, 5.74) is 10.2. The second-order valence-electron chi connectivity index (χ2n) is 19.2. The number of aromatic amines is 2. The summed E-state index contributed by atoms with van der Waals surface area (Å²) in [6, 6.07) is 30.8. The number of alkyl carbamates (subject to hydrolysis) is 3. The van der Waals surface area contributed by atoms with Crippen LogP contribution in [0.2, 0.25) is 0 Å². The Hall–Kier alpha value is -7.95. The number of H-pyrrole nitrogens is 2. The lowest BCUT2D eigenvalue weighted by molar-refractivity contribution is -0.135. The first-order valence-electron chi connectivity index (χ1n) is 25.2. The van der Waals surface area contributed by atoms with Gasteiger partial charge in [0.25, 0.3) is 0 Å². The van der Waals surface area contributed by atoms with Crippen LogP contribution in [-0.4, -0.2) is 112 Å². The minimum Gasteiger partial charge on any atom is -0.453 e. The number of amides is 5. The second kappa shape index (κ2) is 22.6. The van der Waals surface area contributed by atoms with Crippen LogP contribution in [-0.2, 0) is 23.8 Å². The number of benzene rings is 4. The van der Waals surface area contributed by atoms with Crippen LogP contribution in [0.25, 0.3) is 44.8 Å². The third-order valence-corrected chi connectivity index (χ3v) is 14.3. The van der Waals surface area contributed by atoms with E-state index in [0.29, 0.717) is 50.5 Å². The zero-order valence-electron chi connectivity index (χ0n) is 41.7. The molecule has 4 heterocycles. The van der Waals surface area contributed by atoms with Crippen molar-refractivity contribution < 1.29 is 38.2 Å². The van der Waals surface area contributed by atoms with Gasteiger partial charge >= 0.3 is 18.3 Å². The van der Waals surface area contributed by atoms with E-state index in [1.807, 2.05) is 62.4 Å². The van der Waals surface area contributed by atoms with E-state index in [1.165, 1.54) is 14.2 Å². The Balaban J connectivity index is 0.769. The molecule has 17 nitrogen and oxygen atoms in total. The Morgan fingerprint density at radius 3 is 1.64 bits per heavy atom. The molecule has 4 aromatic carbocycles. The van der Waals surface area contributed by atoms with Gasteiger partial charge < -0.3 is 49.9 Å². The van der Waals surface area contributed by atoms with Crippen LogP contribution in [0, 0.1) is 5.92 Å². The number of rotatable bonds is 17. The summed E-state index contributed by atoms with van der Waals surface area (Å²) in [4.78, 5) is 84.9. The predicted molar refractivity (Wildman–Crippen MR) is 275 cm³/mol. The summed E-state index contributed by atoms with van der Waals surface area (Å²) in [5, 5.41) is 8.29. The predicted octanol–water partition coefficient (Wildman–Crippen LogP) is 9.28. The van der Waals surface area contributed by atoms with Crippen molar-refractivity contribution in [3.05, 3.63) is 132 Å². The summed E-state index contributed by atoms with van der Waals surface area (Å²) < 4.78 is 15.4. The molecule has 2 aromatic heterocycles. The monoisotopic (exact) mass is 989 g/mol. The third-order valence-electron chi connectivity index (χ3n) is 14.3. The van der Waals surface area contributed by atoms with E-state index in [0.717, 1.165) is 81.6 Å². The number of hydrogen-bond acceptors (Lipinski definition) is 10. The number of fused-ring (bicyclic) bond motifs is 3. The van der Waals surface area contributed by atoms with Crippen molar-refractivity contribution in [1.82, 2.24) is 45.7 Å². The van der Waals surface area contributed by atoms with Crippen molar-refractivity contribution in [2.24, 2.45) is 5.92 Å². The maximum Gasteiger partial charge on any atom is 0.407 e. The molecule has 0 radical (unpaired) electrons. The minimum absolute atomic E-state index is 0.0342. The van der Waals surface area contributed by atoms with Crippen LogP contribution in [0.4, 0.5) is 14.4 Å². The molecule has 4 atom stereocenters. The number of imidazole rings is 2. The Labute approximate surface area is 424 Å². The van der Waals surface area contributed by atoms with E-state index < -0.39 is 30.4 Å². The fraction of sp³-hybridized carbons (Fsp3) is 0.375. The first-order chi connectivity index (χ1) is 35.5. The zero-order valence-corrected chi connectivity index (χ0v) is 41.7. The van der Waals surface area contributed by atoms with E-state index in [4.69, 9.17) is 19.2 Å². The molecule has 73 heavy (non-hydrogen) atoms. The van der Waals surface area contributed by atoms with Crippen molar-refractivity contribution in [3.8, 4) is 44.8 Å². The van der Waals surface area contributed by atoms with Crippen LogP contribution in [0.3, 0.4) is 0 Å². The van der Waals surface area contributed by atoms with Crippen LogP contribution in [0.15, 0.2) is 109 Å². The zero-order chi connectivity index (χ0) is 51.0. The standard InChI is InChI=1S/C56H63N9O8/c1-34(2)49(63-56(70)72-4)53(67)65-30-12-19-48(65)51-59-32-46(61-51)38-26-22-36(23-27-38)35-20-24-37(25-21-35)45-31-58-50(60-45)47-18-11-29-64(47)52(66)44(62-55(69)71-3)17-9-10-28-57-54(68)73-33-43-41-15-7-5-13-39(41)40-14-6-8-16-42(40)43/h5-8,13-16,20-27,31-32,34,43-44,47-49H,9-12,17-19,28-30,33H2,1-4H3,(H,57,68)(H,58,60)(H,59,61)(H,62,69)(H,63,70)/t44-,47-,48-,49-/m0/s1. The SMILES string of the molecule is COC(=O)N[C@@H](CCCCNC(=O)OCC1c2ccccc2-c2ccccc21)C(=O)N1CCC[C@H]1c1ncc(-c2ccc(-c3ccc(-c4cnc([C@@H]5CCCN5C(=O)[C@@H](NC(=O)OC)C(C)C)[nH]4)cc3)cc2)[nH]1. The van der Waals surface area contributed by atoms with Gasteiger partial charge in [-0.15, -0.1) is 0 Å². The van der Waals surface area contributed by atoms with Crippen LogP contribution in [0.1, 0.15) is 99.6 Å². The lowest BCUT2D eigenvalue weighted by Crippen LogP contribution is -2.51. The van der Waals surface area contributed by atoms with Crippen molar-refractivity contribution >= 4 is 30.1 Å². The molecule has 5 N–H and O–H groups in total. The Bertz CT molecular complexity index is 2870. The molecule has 3 aliphatic rings. The largest absolute Gasteiger partial charge is 0.453 e. The average molecular weight is 990 g/mol. The Kier molecular flexibility index (Phi) is 15.5. The molecule has 2 fully saturated rings. The van der Waals surface area contributed by atoms with Gasteiger partial charge in [-0.2, -0.15) is 0 Å². The fourth-order valence-corrected chi connectivity index (χ4v) is 10.5. The molecule has 2 saturated heterocycles. The lowest BCUT2D eigenvalue weighted by atomic mass is 9.98. The summed E-state index contributed by atoms with van der Waals surface area (Å²) in [7, 11) is 2.56. The Morgan fingerprint density at radius 2 is 1.12 bits per heavy atom. The van der Waals surface area contributed by atoms with Crippen LogP contribution < -0.4 is 16.0 Å². The summed E-state index contributed by atoms with van der Waals surface area (Å²) in [6.45, 7) is 5.47. The van der Waals surface area contributed by atoms with E-state index in [9.17, 15) is 24.0 Å².